The zero-order valence-electron chi connectivity index (χ0n) is 13.0. The molecule has 7 nitrogen and oxygen atoms in total. The molecule has 2 aliphatic heterocycles. The Morgan fingerprint density at radius 3 is 2.10 bits per heavy atom. The monoisotopic (exact) mass is 292 g/mol. The number of hydrogen-bond acceptors (Lipinski definition) is 7. The second-order valence-electron chi connectivity index (χ2n) is 5.87. The quantitative estimate of drug-likeness (QED) is 0.895. The molecule has 21 heavy (non-hydrogen) atoms. The zero-order chi connectivity index (χ0) is 14.8. The Hall–Kier alpha value is -1.63. The molecule has 0 amide bonds. The summed E-state index contributed by atoms with van der Waals surface area (Å²) in [6.07, 6.45) is 2.81. The van der Waals surface area contributed by atoms with Crippen LogP contribution in [0.5, 0.6) is 0 Å². The van der Waals surface area contributed by atoms with E-state index in [4.69, 9.17) is 4.74 Å². The van der Waals surface area contributed by atoms with Crippen molar-refractivity contribution in [1.29, 1.82) is 0 Å². The second-order valence-corrected chi connectivity index (χ2v) is 5.87. The summed E-state index contributed by atoms with van der Waals surface area (Å²) in [5, 5.41) is 3.05. The van der Waals surface area contributed by atoms with Crippen LogP contribution in [0.2, 0.25) is 0 Å². The van der Waals surface area contributed by atoms with Gasteiger partial charge >= 0.3 is 0 Å². The van der Waals surface area contributed by atoms with Crippen LogP contribution in [0.1, 0.15) is 26.7 Å². The van der Waals surface area contributed by atoms with Gasteiger partial charge in [-0.3, -0.25) is 0 Å². The van der Waals surface area contributed by atoms with Gasteiger partial charge in [-0.15, -0.1) is 0 Å². The molecule has 1 aromatic heterocycles. The minimum Gasteiger partial charge on any atom is -0.372 e. The summed E-state index contributed by atoms with van der Waals surface area (Å²) in [5.74, 6) is 2.17. The molecule has 7 heteroatoms. The lowest BCUT2D eigenvalue weighted by molar-refractivity contribution is -0.00572. The first-order valence-corrected chi connectivity index (χ1v) is 7.75. The molecule has 1 N–H and O–H groups in total. The molecular formula is C14H24N6O. The molecule has 0 radical (unpaired) electrons. The van der Waals surface area contributed by atoms with Gasteiger partial charge < -0.3 is 19.9 Å². The standard InChI is InChI=1S/C14H24N6O/c1-10-8-20(9-11(2)21-10)14-17-12(15-3)16-13(18-14)19-6-4-5-7-19/h10-11H,4-9H2,1-3H3,(H,15,16,17,18)/t10-,11+. The third-order valence-electron chi connectivity index (χ3n) is 3.93. The number of nitrogens with zero attached hydrogens (tertiary/aromatic N) is 5. The van der Waals surface area contributed by atoms with E-state index < -0.39 is 0 Å². The predicted molar refractivity (Wildman–Crippen MR) is 83.0 cm³/mol. The van der Waals surface area contributed by atoms with Gasteiger partial charge in [-0.05, 0) is 26.7 Å². The average molecular weight is 292 g/mol. The lowest BCUT2D eigenvalue weighted by atomic mass is 10.2. The highest BCUT2D eigenvalue weighted by molar-refractivity contribution is 5.45. The Morgan fingerprint density at radius 1 is 0.952 bits per heavy atom. The van der Waals surface area contributed by atoms with Crippen LogP contribution in [0.25, 0.3) is 0 Å². The summed E-state index contributed by atoms with van der Waals surface area (Å²) < 4.78 is 5.79. The van der Waals surface area contributed by atoms with Gasteiger partial charge in [0.1, 0.15) is 0 Å². The molecule has 2 fully saturated rings. The van der Waals surface area contributed by atoms with Crippen molar-refractivity contribution in [3.63, 3.8) is 0 Å². The lowest BCUT2D eigenvalue weighted by Gasteiger charge is -2.35. The summed E-state index contributed by atoms with van der Waals surface area (Å²) in [7, 11) is 1.84. The van der Waals surface area contributed by atoms with Gasteiger partial charge in [-0.25, -0.2) is 0 Å². The summed E-state index contributed by atoms with van der Waals surface area (Å²) in [5.41, 5.74) is 0. The van der Waals surface area contributed by atoms with Crippen LogP contribution >= 0.6 is 0 Å². The Morgan fingerprint density at radius 2 is 1.52 bits per heavy atom. The van der Waals surface area contributed by atoms with E-state index in [1.807, 2.05) is 7.05 Å². The highest BCUT2D eigenvalue weighted by Gasteiger charge is 2.26. The number of aromatic nitrogens is 3. The molecule has 0 bridgehead atoms. The van der Waals surface area contributed by atoms with Gasteiger partial charge in [0.15, 0.2) is 0 Å². The van der Waals surface area contributed by atoms with Crippen molar-refractivity contribution in [2.45, 2.75) is 38.9 Å². The van der Waals surface area contributed by atoms with E-state index in [9.17, 15) is 0 Å². The molecule has 3 rings (SSSR count). The van der Waals surface area contributed by atoms with E-state index in [0.717, 1.165) is 38.1 Å². The Labute approximate surface area is 125 Å². The first kappa shape index (κ1) is 14.3. The average Bonchev–Trinajstić information content (AvgIpc) is 3.00. The molecule has 0 aliphatic carbocycles. The van der Waals surface area contributed by atoms with Crippen LogP contribution in [-0.2, 0) is 4.74 Å². The number of morpholine rings is 1. The maximum atomic E-state index is 5.79. The smallest absolute Gasteiger partial charge is 0.232 e. The summed E-state index contributed by atoms with van der Waals surface area (Å²) in [6, 6.07) is 0. The molecule has 0 saturated carbocycles. The van der Waals surface area contributed by atoms with Gasteiger partial charge in [0, 0.05) is 33.2 Å². The fourth-order valence-electron chi connectivity index (χ4n) is 3.01. The van der Waals surface area contributed by atoms with Gasteiger partial charge in [-0.2, -0.15) is 15.0 Å². The van der Waals surface area contributed by atoms with E-state index in [2.05, 4.69) is 43.9 Å². The molecule has 2 aliphatic rings. The normalized spacial score (nSPS) is 26.2. The lowest BCUT2D eigenvalue weighted by Crippen LogP contribution is -2.46. The Balaban J connectivity index is 1.88. The topological polar surface area (TPSA) is 66.4 Å². The van der Waals surface area contributed by atoms with Crippen molar-refractivity contribution >= 4 is 17.8 Å². The molecule has 0 unspecified atom stereocenters. The fourth-order valence-corrected chi connectivity index (χ4v) is 3.01. The molecule has 2 atom stereocenters. The predicted octanol–water partition coefficient (Wildman–Crippen LogP) is 1.13. The highest BCUT2D eigenvalue weighted by atomic mass is 16.5. The minimum absolute atomic E-state index is 0.193. The maximum absolute atomic E-state index is 5.79. The van der Waals surface area contributed by atoms with E-state index in [1.54, 1.807) is 0 Å². The van der Waals surface area contributed by atoms with Gasteiger partial charge in [0.05, 0.1) is 12.2 Å². The van der Waals surface area contributed by atoms with Gasteiger partial charge in [0.25, 0.3) is 0 Å². The molecular weight excluding hydrogens is 268 g/mol. The summed E-state index contributed by atoms with van der Waals surface area (Å²) in [4.78, 5) is 18.1. The summed E-state index contributed by atoms with van der Waals surface area (Å²) in [6.45, 7) is 7.87. The zero-order valence-corrected chi connectivity index (χ0v) is 13.0. The fraction of sp³-hybridized carbons (Fsp3) is 0.786. The number of anilines is 3. The van der Waals surface area contributed by atoms with Crippen LogP contribution in [0.3, 0.4) is 0 Å². The Bertz CT molecular complexity index is 480. The SMILES string of the molecule is CNc1nc(N2CCCC2)nc(N2C[C@@H](C)O[C@@H](C)C2)n1. The largest absolute Gasteiger partial charge is 0.372 e. The van der Waals surface area contributed by atoms with Gasteiger partial charge in [0.2, 0.25) is 17.8 Å². The first-order chi connectivity index (χ1) is 10.2. The maximum Gasteiger partial charge on any atom is 0.232 e. The molecule has 116 valence electrons. The van der Waals surface area contributed by atoms with E-state index >= 15 is 0 Å². The number of ether oxygens (including phenoxy) is 1. The van der Waals surface area contributed by atoms with Gasteiger partial charge in [-0.1, -0.05) is 0 Å². The van der Waals surface area contributed by atoms with Crippen molar-refractivity contribution in [2.75, 3.05) is 48.3 Å². The third kappa shape index (κ3) is 3.18. The van der Waals surface area contributed by atoms with Crippen molar-refractivity contribution in [3.05, 3.63) is 0 Å². The number of rotatable bonds is 3. The van der Waals surface area contributed by atoms with Crippen LogP contribution < -0.4 is 15.1 Å². The van der Waals surface area contributed by atoms with Crippen LogP contribution in [0.15, 0.2) is 0 Å². The number of hydrogen-bond donors (Lipinski definition) is 1. The third-order valence-corrected chi connectivity index (χ3v) is 3.93. The first-order valence-electron chi connectivity index (χ1n) is 7.75. The Kier molecular flexibility index (Phi) is 4.10. The van der Waals surface area contributed by atoms with E-state index in [0.29, 0.717) is 5.95 Å². The van der Waals surface area contributed by atoms with E-state index in [-0.39, 0.29) is 12.2 Å². The highest BCUT2D eigenvalue weighted by Crippen LogP contribution is 2.22. The molecule has 0 aromatic carbocycles. The minimum atomic E-state index is 0.193. The molecule has 3 heterocycles. The number of nitrogens with one attached hydrogen (secondary N) is 1. The van der Waals surface area contributed by atoms with Crippen molar-refractivity contribution in [3.8, 4) is 0 Å². The molecule has 2 saturated heterocycles. The van der Waals surface area contributed by atoms with Crippen LogP contribution in [-0.4, -0.2) is 60.4 Å². The molecule has 0 spiro atoms. The van der Waals surface area contributed by atoms with Crippen LogP contribution in [0, 0.1) is 0 Å². The van der Waals surface area contributed by atoms with Crippen LogP contribution in [0.4, 0.5) is 17.8 Å². The molecule has 1 aromatic rings. The van der Waals surface area contributed by atoms with E-state index in [1.165, 1.54) is 12.8 Å². The van der Waals surface area contributed by atoms with Crippen molar-refractivity contribution in [1.82, 2.24) is 15.0 Å². The second kappa shape index (κ2) is 6.01. The van der Waals surface area contributed by atoms with Crippen molar-refractivity contribution < 1.29 is 4.74 Å². The van der Waals surface area contributed by atoms with Crippen molar-refractivity contribution in [2.24, 2.45) is 0 Å². The summed E-state index contributed by atoms with van der Waals surface area (Å²) >= 11 is 0.